The van der Waals surface area contributed by atoms with E-state index in [1.807, 2.05) is 43.3 Å². The molecular weight excluding hydrogens is 232 g/mol. The van der Waals surface area contributed by atoms with E-state index in [-0.39, 0.29) is 12.3 Å². The van der Waals surface area contributed by atoms with Crippen molar-refractivity contribution >= 4 is 17.6 Å². The van der Waals surface area contributed by atoms with E-state index in [1.54, 1.807) is 0 Å². The summed E-state index contributed by atoms with van der Waals surface area (Å²) in [6, 6.07) is 6.69. The summed E-state index contributed by atoms with van der Waals surface area (Å²) in [7, 11) is 3.87. The summed E-state index contributed by atoms with van der Waals surface area (Å²) < 4.78 is 0. The molecule has 1 rings (SSSR count). The molecule has 2 N–H and O–H groups in total. The van der Waals surface area contributed by atoms with Crippen molar-refractivity contribution in [1.82, 2.24) is 5.32 Å². The van der Waals surface area contributed by atoms with E-state index < -0.39 is 12.0 Å². The summed E-state index contributed by atoms with van der Waals surface area (Å²) >= 11 is 0. The van der Waals surface area contributed by atoms with Crippen molar-refractivity contribution in [2.45, 2.75) is 19.4 Å². The molecule has 0 bridgehead atoms. The van der Waals surface area contributed by atoms with Crippen molar-refractivity contribution < 1.29 is 14.7 Å². The van der Waals surface area contributed by atoms with E-state index in [0.29, 0.717) is 0 Å². The number of carboxylic acid groups (broad SMARTS) is 1. The van der Waals surface area contributed by atoms with Crippen LogP contribution in [0.15, 0.2) is 24.3 Å². The standard InChI is InChI=1S/C13H18N2O3/c1-9(16)14-12(13(17)18)8-10-4-6-11(7-5-10)15(2)3/h4-7,12H,8H2,1-3H3,(H,14,16)(H,17,18). The van der Waals surface area contributed by atoms with Gasteiger partial charge in [0.05, 0.1) is 0 Å². The van der Waals surface area contributed by atoms with Gasteiger partial charge in [-0.25, -0.2) is 4.79 Å². The number of amides is 1. The number of anilines is 1. The fraction of sp³-hybridized carbons (Fsp3) is 0.385. The number of hydrogen-bond acceptors (Lipinski definition) is 3. The predicted molar refractivity (Wildman–Crippen MR) is 69.7 cm³/mol. The number of nitrogens with zero attached hydrogens (tertiary/aromatic N) is 1. The SMILES string of the molecule is CC(=O)NC(Cc1ccc(N(C)C)cc1)C(=O)O. The molecule has 0 fully saturated rings. The van der Waals surface area contributed by atoms with Gasteiger partial charge in [0.2, 0.25) is 5.91 Å². The smallest absolute Gasteiger partial charge is 0.326 e. The van der Waals surface area contributed by atoms with Gasteiger partial charge in [-0.3, -0.25) is 4.79 Å². The van der Waals surface area contributed by atoms with Gasteiger partial charge in [0.1, 0.15) is 6.04 Å². The molecule has 98 valence electrons. The molecule has 1 unspecified atom stereocenters. The highest BCUT2D eigenvalue weighted by molar-refractivity contribution is 5.82. The van der Waals surface area contributed by atoms with Crippen LogP contribution in [0.3, 0.4) is 0 Å². The van der Waals surface area contributed by atoms with Gasteiger partial charge in [0.25, 0.3) is 0 Å². The number of carbonyl (C=O) groups excluding carboxylic acids is 1. The second kappa shape index (κ2) is 6.05. The maximum absolute atomic E-state index is 11.0. The second-order valence-electron chi connectivity index (χ2n) is 4.36. The van der Waals surface area contributed by atoms with Crippen LogP contribution in [-0.2, 0) is 16.0 Å². The summed E-state index contributed by atoms with van der Waals surface area (Å²) in [6.07, 6.45) is 0.280. The lowest BCUT2D eigenvalue weighted by Crippen LogP contribution is -2.41. The molecular formula is C13H18N2O3. The molecule has 0 spiro atoms. The van der Waals surface area contributed by atoms with Gasteiger partial charge in [-0.15, -0.1) is 0 Å². The summed E-state index contributed by atoms with van der Waals surface area (Å²) in [5.41, 5.74) is 1.92. The van der Waals surface area contributed by atoms with Crippen LogP contribution in [0.1, 0.15) is 12.5 Å². The first kappa shape index (κ1) is 14.0. The first-order valence-corrected chi connectivity index (χ1v) is 5.66. The number of rotatable bonds is 5. The number of carbonyl (C=O) groups is 2. The zero-order valence-electron chi connectivity index (χ0n) is 10.8. The minimum absolute atomic E-state index is 0.280. The highest BCUT2D eigenvalue weighted by Gasteiger charge is 2.18. The van der Waals surface area contributed by atoms with E-state index in [0.717, 1.165) is 11.3 Å². The third-order valence-corrected chi connectivity index (χ3v) is 2.57. The molecule has 5 nitrogen and oxygen atoms in total. The Kier molecular flexibility index (Phi) is 4.71. The Morgan fingerprint density at radius 1 is 1.28 bits per heavy atom. The summed E-state index contributed by atoms with van der Waals surface area (Å²) in [5, 5.41) is 11.4. The number of hydrogen-bond donors (Lipinski definition) is 2. The predicted octanol–water partition coefficient (Wildman–Crippen LogP) is 0.884. The molecule has 0 aliphatic rings. The first-order valence-electron chi connectivity index (χ1n) is 5.66. The third-order valence-electron chi connectivity index (χ3n) is 2.57. The Balaban J connectivity index is 2.75. The highest BCUT2D eigenvalue weighted by Crippen LogP contribution is 2.13. The van der Waals surface area contributed by atoms with Crippen molar-refractivity contribution in [2.75, 3.05) is 19.0 Å². The van der Waals surface area contributed by atoms with E-state index in [1.165, 1.54) is 6.92 Å². The average molecular weight is 250 g/mol. The molecule has 18 heavy (non-hydrogen) atoms. The van der Waals surface area contributed by atoms with Crippen molar-refractivity contribution in [3.63, 3.8) is 0 Å². The van der Waals surface area contributed by atoms with E-state index in [9.17, 15) is 9.59 Å². The van der Waals surface area contributed by atoms with Crippen LogP contribution in [0, 0.1) is 0 Å². The largest absolute Gasteiger partial charge is 0.480 e. The molecule has 0 radical (unpaired) electrons. The number of nitrogens with one attached hydrogen (secondary N) is 1. The average Bonchev–Trinajstić information content (AvgIpc) is 2.28. The van der Waals surface area contributed by atoms with Crippen LogP contribution in [0.5, 0.6) is 0 Å². The van der Waals surface area contributed by atoms with Gasteiger partial charge < -0.3 is 15.3 Å². The fourth-order valence-corrected chi connectivity index (χ4v) is 1.61. The quantitative estimate of drug-likeness (QED) is 0.814. The molecule has 0 aliphatic heterocycles. The Hall–Kier alpha value is -2.04. The molecule has 1 amide bonds. The van der Waals surface area contributed by atoms with Gasteiger partial charge in [0.15, 0.2) is 0 Å². The van der Waals surface area contributed by atoms with E-state index in [4.69, 9.17) is 5.11 Å². The van der Waals surface area contributed by atoms with Gasteiger partial charge in [-0.1, -0.05) is 12.1 Å². The molecule has 0 saturated heterocycles. The van der Waals surface area contributed by atoms with Crippen LogP contribution in [-0.4, -0.2) is 37.1 Å². The molecule has 1 atom stereocenters. The normalized spacial score (nSPS) is 11.7. The summed E-state index contributed by atoms with van der Waals surface area (Å²) in [4.78, 5) is 23.9. The topological polar surface area (TPSA) is 69.6 Å². The first-order chi connectivity index (χ1) is 8.40. The Morgan fingerprint density at radius 2 is 1.83 bits per heavy atom. The monoisotopic (exact) mass is 250 g/mol. The van der Waals surface area contributed by atoms with E-state index in [2.05, 4.69) is 5.32 Å². The lowest BCUT2D eigenvalue weighted by molar-refractivity contribution is -0.141. The number of carboxylic acids is 1. The van der Waals surface area contributed by atoms with Crippen molar-refractivity contribution in [1.29, 1.82) is 0 Å². The van der Waals surface area contributed by atoms with Crippen LogP contribution >= 0.6 is 0 Å². The second-order valence-corrected chi connectivity index (χ2v) is 4.36. The van der Waals surface area contributed by atoms with Crippen molar-refractivity contribution in [3.05, 3.63) is 29.8 Å². The molecule has 1 aromatic rings. The van der Waals surface area contributed by atoms with Crippen LogP contribution < -0.4 is 10.2 Å². The fourth-order valence-electron chi connectivity index (χ4n) is 1.61. The highest BCUT2D eigenvalue weighted by atomic mass is 16.4. The van der Waals surface area contributed by atoms with Gasteiger partial charge >= 0.3 is 5.97 Å². The zero-order chi connectivity index (χ0) is 13.7. The summed E-state index contributed by atoms with van der Waals surface area (Å²) in [5.74, 6) is -1.37. The molecule has 0 saturated carbocycles. The number of benzene rings is 1. The molecule has 0 heterocycles. The Labute approximate surface area is 106 Å². The van der Waals surface area contributed by atoms with E-state index >= 15 is 0 Å². The van der Waals surface area contributed by atoms with Crippen LogP contribution in [0.25, 0.3) is 0 Å². The maximum Gasteiger partial charge on any atom is 0.326 e. The van der Waals surface area contributed by atoms with Gasteiger partial charge in [-0.2, -0.15) is 0 Å². The lowest BCUT2D eigenvalue weighted by Gasteiger charge is -2.15. The van der Waals surface area contributed by atoms with Crippen molar-refractivity contribution in [3.8, 4) is 0 Å². The van der Waals surface area contributed by atoms with Gasteiger partial charge in [-0.05, 0) is 17.7 Å². The molecule has 5 heteroatoms. The lowest BCUT2D eigenvalue weighted by atomic mass is 10.1. The Morgan fingerprint density at radius 3 is 2.22 bits per heavy atom. The minimum Gasteiger partial charge on any atom is -0.480 e. The molecule has 0 aromatic heterocycles. The zero-order valence-corrected chi connectivity index (χ0v) is 10.8. The maximum atomic E-state index is 11.0. The van der Waals surface area contributed by atoms with Crippen LogP contribution in [0.4, 0.5) is 5.69 Å². The summed E-state index contributed by atoms with van der Waals surface area (Å²) in [6.45, 7) is 1.31. The third kappa shape index (κ3) is 4.08. The van der Waals surface area contributed by atoms with Crippen molar-refractivity contribution in [2.24, 2.45) is 0 Å². The van der Waals surface area contributed by atoms with Crippen LogP contribution in [0.2, 0.25) is 0 Å². The molecule has 0 aliphatic carbocycles. The molecule has 1 aromatic carbocycles. The minimum atomic E-state index is -1.03. The number of aliphatic carboxylic acids is 1. The Bertz CT molecular complexity index is 426. The van der Waals surface area contributed by atoms with Gasteiger partial charge in [0, 0.05) is 33.1 Å².